The number of hydrogen-bond donors (Lipinski definition) is 2. The quantitative estimate of drug-likeness (QED) is 0.504. The molecule has 0 atom stereocenters. The van der Waals surface area contributed by atoms with Crippen molar-refractivity contribution in [1.82, 2.24) is 9.97 Å². The van der Waals surface area contributed by atoms with E-state index in [2.05, 4.69) is 15.3 Å². The largest absolute Gasteiger partial charge is 0.493 e. The lowest BCUT2D eigenvalue weighted by molar-refractivity contribution is 0.102. The van der Waals surface area contributed by atoms with Gasteiger partial charge in [0.15, 0.2) is 23.0 Å². The summed E-state index contributed by atoms with van der Waals surface area (Å²) in [5.74, 6) is 1.68. The summed E-state index contributed by atoms with van der Waals surface area (Å²) >= 11 is 12.2. The number of methoxy groups -OCH3 is 1. The molecule has 0 unspecified atom stereocenters. The Kier molecular flexibility index (Phi) is 6.31. The molecule has 10 heteroatoms. The van der Waals surface area contributed by atoms with Crippen LogP contribution < -0.4 is 20.5 Å². The summed E-state index contributed by atoms with van der Waals surface area (Å²) in [6.07, 6.45) is 5.10. The standard InChI is InChI=1S/C21H20Cl2N4O4/c1-29-15-5-4-12(6-16(15)30-10-11-2-3-11)21-27-19(17(7-24)31-21)20(28)26-18-13(22)8-25-9-14(18)23/h4-6,8-9,11H,2-3,7,10,24H2,1H3,(H,25,26,28). The van der Waals surface area contributed by atoms with Crippen LogP contribution in [0.4, 0.5) is 5.69 Å². The van der Waals surface area contributed by atoms with Crippen LogP contribution in [0.1, 0.15) is 29.1 Å². The molecule has 2 aromatic heterocycles. The van der Waals surface area contributed by atoms with E-state index in [9.17, 15) is 4.79 Å². The number of nitrogens with two attached hydrogens (primary N) is 1. The van der Waals surface area contributed by atoms with Gasteiger partial charge in [-0.15, -0.1) is 0 Å². The highest BCUT2D eigenvalue weighted by Gasteiger charge is 2.24. The molecule has 2 heterocycles. The molecule has 162 valence electrons. The minimum atomic E-state index is -0.552. The van der Waals surface area contributed by atoms with E-state index < -0.39 is 5.91 Å². The summed E-state index contributed by atoms with van der Waals surface area (Å²) in [5.41, 5.74) is 6.67. The van der Waals surface area contributed by atoms with Gasteiger partial charge in [0, 0.05) is 18.0 Å². The van der Waals surface area contributed by atoms with Crippen molar-refractivity contribution in [3.05, 3.63) is 52.1 Å². The first-order valence-electron chi connectivity index (χ1n) is 9.61. The second-order valence-electron chi connectivity index (χ2n) is 7.05. The zero-order valence-corrected chi connectivity index (χ0v) is 18.2. The number of nitrogens with one attached hydrogen (secondary N) is 1. The van der Waals surface area contributed by atoms with Gasteiger partial charge in [-0.3, -0.25) is 9.78 Å². The van der Waals surface area contributed by atoms with Crippen molar-refractivity contribution in [3.8, 4) is 23.0 Å². The average molecular weight is 463 g/mol. The van der Waals surface area contributed by atoms with E-state index in [4.69, 9.17) is 42.8 Å². The Bertz CT molecular complexity index is 1090. The third-order valence-corrected chi connectivity index (χ3v) is 5.34. The Morgan fingerprint density at radius 1 is 1.26 bits per heavy atom. The summed E-state index contributed by atoms with van der Waals surface area (Å²) in [6.45, 7) is 0.606. The van der Waals surface area contributed by atoms with Crippen LogP contribution in [-0.4, -0.2) is 29.6 Å². The number of amides is 1. The summed E-state index contributed by atoms with van der Waals surface area (Å²) in [7, 11) is 1.58. The molecule has 0 saturated heterocycles. The average Bonchev–Trinajstić information content (AvgIpc) is 3.50. The van der Waals surface area contributed by atoms with Gasteiger partial charge in [-0.25, -0.2) is 4.98 Å². The summed E-state index contributed by atoms with van der Waals surface area (Å²) in [5, 5.41) is 3.04. The van der Waals surface area contributed by atoms with Gasteiger partial charge >= 0.3 is 0 Å². The maximum atomic E-state index is 12.8. The van der Waals surface area contributed by atoms with E-state index in [0.717, 1.165) is 0 Å². The van der Waals surface area contributed by atoms with Crippen LogP contribution in [0.15, 0.2) is 35.0 Å². The zero-order chi connectivity index (χ0) is 22.0. The fourth-order valence-corrected chi connectivity index (χ4v) is 3.37. The molecule has 31 heavy (non-hydrogen) atoms. The van der Waals surface area contributed by atoms with Gasteiger partial charge < -0.3 is 24.9 Å². The lowest BCUT2D eigenvalue weighted by Crippen LogP contribution is -2.16. The van der Waals surface area contributed by atoms with E-state index in [1.54, 1.807) is 25.3 Å². The molecular weight excluding hydrogens is 443 g/mol. The molecule has 0 aliphatic heterocycles. The van der Waals surface area contributed by atoms with Crippen LogP contribution in [-0.2, 0) is 6.54 Å². The number of ether oxygens (including phenoxy) is 2. The Labute approximate surface area is 188 Å². The number of carbonyl (C=O) groups is 1. The number of oxazole rings is 1. The predicted molar refractivity (Wildman–Crippen MR) is 117 cm³/mol. The molecule has 0 bridgehead atoms. The summed E-state index contributed by atoms with van der Waals surface area (Å²) in [6, 6.07) is 5.30. The van der Waals surface area contributed by atoms with E-state index in [1.165, 1.54) is 25.2 Å². The fourth-order valence-electron chi connectivity index (χ4n) is 2.91. The number of anilines is 1. The van der Waals surface area contributed by atoms with Crippen LogP contribution in [0, 0.1) is 5.92 Å². The number of aromatic nitrogens is 2. The summed E-state index contributed by atoms with van der Waals surface area (Å²) in [4.78, 5) is 21.0. The predicted octanol–water partition coefficient (Wildman–Crippen LogP) is 4.55. The first kappa shape index (κ1) is 21.4. The van der Waals surface area contributed by atoms with Crippen LogP contribution >= 0.6 is 23.2 Å². The lowest BCUT2D eigenvalue weighted by Gasteiger charge is -2.11. The molecule has 0 spiro atoms. The van der Waals surface area contributed by atoms with Gasteiger partial charge in [-0.2, -0.15) is 0 Å². The fraction of sp³-hybridized carbons (Fsp3) is 0.286. The van der Waals surface area contributed by atoms with Crippen molar-refractivity contribution in [3.63, 3.8) is 0 Å². The SMILES string of the molecule is COc1ccc(-c2nc(C(=O)Nc3c(Cl)cncc3Cl)c(CN)o2)cc1OCC1CC1. The van der Waals surface area contributed by atoms with Gasteiger partial charge in [0.1, 0.15) is 0 Å². The normalized spacial score (nSPS) is 13.2. The summed E-state index contributed by atoms with van der Waals surface area (Å²) < 4.78 is 17.0. The second kappa shape index (κ2) is 9.13. The Balaban J connectivity index is 1.62. The van der Waals surface area contributed by atoms with Gasteiger partial charge in [-0.1, -0.05) is 23.2 Å². The lowest BCUT2D eigenvalue weighted by atomic mass is 10.2. The Hall–Kier alpha value is -2.81. The van der Waals surface area contributed by atoms with Gasteiger partial charge in [0.25, 0.3) is 5.91 Å². The van der Waals surface area contributed by atoms with Crippen LogP contribution in [0.2, 0.25) is 10.0 Å². The molecule has 3 aromatic rings. The van der Waals surface area contributed by atoms with Crippen LogP contribution in [0.3, 0.4) is 0 Å². The topological polar surface area (TPSA) is 112 Å². The molecule has 1 aromatic carbocycles. The maximum absolute atomic E-state index is 12.8. The van der Waals surface area contributed by atoms with Crippen LogP contribution in [0.5, 0.6) is 11.5 Å². The smallest absolute Gasteiger partial charge is 0.278 e. The van der Waals surface area contributed by atoms with Crippen molar-refractivity contribution < 1.29 is 18.7 Å². The number of benzene rings is 1. The highest BCUT2D eigenvalue weighted by molar-refractivity contribution is 6.39. The van der Waals surface area contributed by atoms with Crippen LogP contribution in [0.25, 0.3) is 11.5 Å². The first-order chi connectivity index (χ1) is 15.0. The van der Waals surface area contributed by atoms with E-state index >= 15 is 0 Å². The number of halogens is 2. The molecule has 8 nitrogen and oxygen atoms in total. The molecule has 3 N–H and O–H groups in total. The molecular formula is C21H20Cl2N4O4. The molecule has 1 fully saturated rings. The van der Waals surface area contributed by atoms with E-state index in [-0.39, 0.29) is 39.6 Å². The highest BCUT2D eigenvalue weighted by atomic mass is 35.5. The molecule has 0 radical (unpaired) electrons. The molecule has 1 aliphatic rings. The zero-order valence-electron chi connectivity index (χ0n) is 16.7. The monoisotopic (exact) mass is 462 g/mol. The third-order valence-electron chi connectivity index (χ3n) is 4.77. The molecule has 1 amide bonds. The highest BCUT2D eigenvalue weighted by Crippen LogP contribution is 2.36. The minimum absolute atomic E-state index is 0.0191. The molecule has 4 rings (SSSR count). The van der Waals surface area contributed by atoms with Gasteiger partial charge in [-0.05, 0) is 37.0 Å². The van der Waals surface area contributed by atoms with Gasteiger partial charge in [0.2, 0.25) is 5.89 Å². The van der Waals surface area contributed by atoms with Gasteiger partial charge in [0.05, 0.1) is 36.0 Å². The molecule has 1 saturated carbocycles. The first-order valence-corrected chi connectivity index (χ1v) is 10.4. The molecule has 1 aliphatic carbocycles. The van der Waals surface area contributed by atoms with E-state index in [1.807, 2.05) is 0 Å². The third kappa shape index (κ3) is 4.76. The van der Waals surface area contributed by atoms with Crippen molar-refractivity contribution in [2.75, 3.05) is 19.0 Å². The number of pyridine rings is 1. The van der Waals surface area contributed by atoms with E-state index in [0.29, 0.717) is 29.6 Å². The van der Waals surface area contributed by atoms with Crippen molar-refractivity contribution in [2.24, 2.45) is 11.7 Å². The number of carbonyl (C=O) groups excluding carboxylic acids is 1. The van der Waals surface area contributed by atoms with Crippen molar-refractivity contribution >= 4 is 34.8 Å². The Morgan fingerprint density at radius 3 is 2.65 bits per heavy atom. The Morgan fingerprint density at radius 2 is 2.00 bits per heavy atom. The second-order valence-corrected chi connectivity index (χ2v) is 7.86. The maximum Gasteiger partial charge on any atom is 0.278 e. The number of hydrogen-bond acceptors (Lipinski definition) is 7. The minimum Gasteiger partial charge on any atom is -0.493 e. The van der Waals surface area contributed by atoms with Crippen molar-refractivity contribution in [1.29, 1.82) is 0 Å². The van der Waals surface area contributed by atoms with Crippen molar-refractivity contribution in [2.45, 2.75) is 19.4 Å². The number of nitrogens with zero attached hydrogens (tertiary/aromatic N) is 2. The number of rotatable bonds is 8.